The van der Waals surface area contributed by atoms with E-state index >= 15 is 0 Å². The van der Waals surface area contributed by atoms with Crippen molar-refractivity contribution >= 4 is 0 Å². The predicted molar refractivity (Wildman–Crippen MR) is 104 cm³/mol. The molecule has 0 unspecified atom stereocenters. The summed E-state index contributed by atoms with van der Waals surface area (Å²) >= 11 is 0. The largest absolute Gasteiger partial charge is 0.493 e. The van der Waals surface area contributed by atoms with E-state index < -0.39 is 0 Å². The van der Waals surface area contributed by atoms with Gasteiger partial charge < -0.3 is 14.2 Å². The molecule has 0 bridgehead atoms. The van der Waals surface area contributed by atoms with E-state index in [4.69, 9.17) is 14.2 Å². The van der Waals surface area contributed by atoms with Crippen molar-refractivity contribution in [2.45, 2.75) is 19.8 Å². The van der Waals surface area contributed by atoms with Crippen LogP contribution in [0.15, 0.2) is 78.9 Å². The highest BCUT2D eigenvalue weighted by molar-refractivity contribution is 5.35. The third-order valence-electron chi connectivity index (χ3n) is 3.96. The molecule has 0 N–H and O–H groups in total. The molecule has 0 fully saturated rings. The minimum atomic E-state index is 0.617. The number of hydrogen-bond acceptors (Lipinski definition) is 3. The molecule has 0 aliphatic heterocycles. The molecule has 0 atom stereocenters. The molecule has 3 nitrogen and oxygen atoms in total. The number of ether oxygens (including phenoxy) is 3. The maximum Gasteiger partial charge on any atom is 0.127 e. The molecule has 0 aromatic heterocycles. The summed E-state index contributed by atoms with van der Waals surface area (Å²) in [5, 5.41) is 0. The zero-order valence-electron chi connectivity index (χ0n) is 15.1. The molecule has 0 radical (unpaired) electrons. The number of benzene rings is 3. The van der Waals surface area contributed by atoms with Crippen LogP contribution in [-0.2, 0) is 6.42 Å². The van der Waals surface area contributed by atoms with Gasteiger partial charge in [-0.2, -0.15) is 0 Å². The number of para-hydroxylation sites is 1. The van der Waals surface area contributed by atoms with Crippen molar-refractivity contribution in [1.82, 2.24) is 0 Å². The van der Waals surface area contributed by atoms with Crippen LogP contribution in [0.4, 0.5) is 0 Å². The third kappa shape index (κ3) is 5.55. The highest BCUT2D eigenvalue weighted by atomic mass is 16.5. The first kappa shape index (κ1) is 17.9. The van der Waals surface area contributed by atoms with Crippen LogP contribution < -0.4 is 14.2 Å². The van der Waals surface area contributed by atoms with Crippen LogP contribution in [0.25, 0.3) is 0 Å². The summed E-state index contributed by atoms with van der Waals surface area (Å²) < 4.78 is 17.2. The number of aryl methyl sites for hydroxylation is 1. The van der Waals surface area contributed by atoms with Crippen molar-refractivity contribution in [3.63, 3.8) is 0 Å². The summed E-state index contributed by atoms with van der Waals surface area (Å²) in [7, 11) is 0. The predicted octanol–water partition coefficient (Wildman–Crippen LogP) is 5.89. The monoisotopic (exact) mass is 348 g/mol. The van der Waals surface area contributed by atoms with Gasteiger partial charge in [0.15, 0.2) is 0 Å². The van der Waals surface area contributed by atoms with Crippen molar-refractivity contribution in [3.05, 3.63) is 84.4 Å². The topological polar surface area (TPSA) is 27.7 Å². The Balaban J connectivity index is 1.36. The van der Waals surface area contributed by atoms with E-state index in [9.17, 15) is 0 Å². The molecule has 0 aliphatic rings. The van der Waals surface area contributed by atoms with Crippen molar-refractivity contribution in [3.8, 4) is 23.0 Å². The van der Waals surface area contributed by atoms with Gasteiger partial charge in [0, 0.05) is 6.42 Å². The minimum absolute atomic E-state index is 0.617. The van der Waals surface area contributed by atoms with Gasteiger partial charge in [0.05, 0.1) is 13.2 Å². The lowest BCUT2D eigenvalue weighted by molar-refractivity contribution is 0.247. The van der Waals surface area contributed by atoms with Crippen LogP contribution in [0.1, 0.15) is 18.9 Å². The Morgan fingerprint density at radius 3 is 1.65 bits per heavy atom. The van der Waals surface area contributed by atoms with E-state index in [0.29, 0.717) is 13.2 Å². The average molecular weight is 348 g/mol. The fourth-order valence-corrected chi connectivity index (χ4v) is 2.49. The van der Waals surface area contributed by atoms with Crippen molar-refractivity contribution in [2.24, 2.45) is 0 Å². The molecule has 3 aromatic rings. The summed E-state index contributed by atoms with van der Waals surface area (Å²) in [5.74, 6) is 3.36. The molecule has 0 spiro atoms. The van der Waals surface area contributed by atoms with E-state index in [2.05, 4.69) is 19.1 Å². The first-order chi connectivity index (χ1) is 12.8. The number of rotatable bonds is 9. The van der Waals surface area contributed by atoms with E-state index in [0.717, 1.165) is 35.8 Å². The lowest BCUT2D eigenvalue weighted by atomic mass is 10.2. The molecule has 0 aliphatic carbocycles. The quantitative estimate of drug-likeness (QED) is 0.451. The van der Waals surface area contributed by atoms with Crippen LogP contribution in [0.5, 0.6) is 23.0 Å². The van der Waals surface area contributed by atoms with Gasteiger partial charge in [-0.15, -0.1) is 0 Å². The second-order valence-corrected chi connectivity index (χ2v) is 5.93. The van der Waals surface area contributed by atoms with Gasteiger partial charge >= 0.3 is 0 Å². The fourth-order valence-electron chi connectivity index (χ4n) is 2.49. The van der Waals surface area contributed by atoms with Gasteiger partial charge in [-0.25, -0.2) is 0 Å². The molecule has 3 aromatic carbocycles. The standard InChI is InChI=1S/C23H24O3/c1-2-19-9-11-20(12-10-19)24-17-6-18-25-21-13-15-23(16-14-21)26-22-7-4-3-5-8-22/h3-5,7-16H,2,6,17-18H2,1H3. The Morgan fingerprint density at radius 1 is 0.577 bits per heavy atom. The molecular formula is C23H24O3. The van der Waals surface area contributed by atoms with Gasteiger partial charge in [0.25, 0.3) is 0 Å². The molecule has 3 rings (SSSR count). The Hall–Kier alpha value is -2.94. The molecule has 0 heterocycles. The van der Waals surface area contributed by atoms with Crippen molar-refractivity contribution in [2.75, 3.05) is 13.2 Å². The zero-order valence-corrected chi connectivity index (χ0v) is 15.1. The van der Waals surface area contributed by atoms with Crippen LogP contribution in [0.2, 0.25) is 0 Å². The Morgan fingerprint density at radius 2 is 1.08 bits per heavy atom. The molecule has 3 heteroatoms. The van der Waals surface area contributed by atoms with Crippen LogP contribution >= 0.6 is 0 Å². The first-order valence-corrected chi connectivity index (χ1v) is 9.01. The van der Waals surface area contributed by atoms with Gasteiger partial charge in [0.1, 0.15) is 23.0 Å². The summed E-state index contributed by atoms with van der Waals surface area (Å²) in [6, 6.07) is 25.6. The third-order valence-corrected chi connectivity index (χ3v) is 3.96. The van der Waals surface area contributed by atoms with Gasteiger partial charge in [-0.05, 0) is 60.5 Å². The van der Waals surface area contributed by atoms with E-state index in [-0.39, 0.29) is 0 Å². The van der Waals surface area contributed by atoms with Crippen LogP contribution in [0, 0.1) is 0 Å². The lowest BCUT2D eigenvalue weighted by Gasteiger charge is -2.09. The lowest BCUT2D eigenvalue weighted by Crippen LogP contribution is -2.05. The normalized spacial score (nSPS) is 10.3. The first-order valence-electron chi connectivity index (χ1n) is 9.01. The van der Waals surface area contributed by atoms with E-state index in [1.54, 1.807) is 0 Å². The minimum Gasteiger partial charge on any atom is -0.493 e. The summed E-state index contributed by atoms with van der Waals surface area (Å²) in [6.07, 6.45) is 1.88. The maximum absolute atomic E-state index is 5.77. The van der Waals surface area contributed by atoms with Gasteiger partial charge in [-0.1, -0.05) is 37.3 Å². The zero-order chi connectivity index (χ0) is 18.0. The van der Waals surface area contributed by atoms with Crippen molar-refractivity contribution < 1.29 is 14.2 Å². The maximum atomic E-state index is 5.77. The highest BCUT2D eigenvalue weighted by Crippen LogP contribution is 2.23. The average Bonchev–Trinajstić information content (AvgIpc) is 2.70. The Labute approximate surface area is 155 Å². The van der Waals surface area contributed by atoms with Crippen molar-refractivity contribution in [1.29, 1.82) is 0 Å². The van der Waals surface area contributed by atoms with Crippen LogP contribution in [-0.4, -0.2) is 13.2 Å². The molecule has 0 saturated heterocycles. The van der Waals surface area contributed by atoms with E-state index in [1.165, 1.54) is 5.56 Å². The molecule has 0 amide bonds. The second kappa shape index (κ2) is 9.52. The highest BCUT2D eigenvalue weighted by Gasteiger charge is 1.99. The van der Waals surface area contributed by atoms with Crippen LogP contribution in [0.3, 0.4) is 0 Å². The van der Waals surface area contributed by atoms with E-state index in [1.807, 2.05) is 66.7 Å². The SMILES string of the molecule is CCc1ccc(OCCCOc2ccc(Oc3ccccc3)cc2)cc1. The van der Waals surface area contributed by atoms with Gasteiger partial charge in [-0.3, -0.25) is 0 Å². The molecule has 26 heavy (non-hydrogen) atoms. The smallest absolute Gasteiger partial charge is 0.127 e. The Bertz CT molecular complexity index is 765. The second-order valence-electron chi connectivity index (χ2n) is 5.93. The fraction of sp³-hybridized carbons (Fsp3) is 0.217. The summed E-state index contributed by atoms with van der Waals surface area (Å²) in [6.45, 7) is 3.40. The number of hydrogen-bond donors (Lipinski definition) is 0. The summed E-state index contributed by atoms with van der Waals surface area (Å²) in [4.78, 5) is 0. The summed E-state index contributed by atoms with van der Waals surface area (Å²) in [5.41, 5.74) is 1.32. The molecular weight excluding hydrogens is 324 g/mol. The van der Waals surface area contributed by atoms with Gasteiger partial charge in [0.2, 0.25) is 0 Å². The molecule has 134 valence electrons. The molecule has 0 saturated carbocycles. The Kier molecular flexibility index (Phi) is 6.54.